The smallest absolute Gasteiger partial charge is 0.133 e. The number of piperidine rings is 1. The van der Waals surface area contributed by atoms with Crippen LogP contribution in [0.5, 0.6) is 0 Å². The second kappa shape index (κ2) is 7.63. The molecule has 1 saturated heterocycles. The van der Waals surface area contributed by atoms with Crippen molar-refractivity contribution in [2.75, 3.05) is 31.1 Å². The minimum absolute atomic E-state index is 0.563. The van der Waals surface area contributed by atoms with E-state index in [9.17, 15) is 0 Å². The van der Waals surface area contributed by atoms with Crippen LogP contribution in [0.1, 0.15) is 58.1 Å². The van der Waals surface area contributed by atoms with Crippen molar-refractivity contribution < 1.29 is 0 Å². The molecular formula is C17H29N3. The number of anilines is 1. The summed E-state index contributed by atoms with van der Waals surface area (Å²) in [5.41, 5.74) is 1.43. The summed E-state index contributed by atoms with van der Waals surface area (Å²) in [4.78, 5) is 9.73. The second-order valence-corrected chi connectivity index (χ2v) is 5.64. The monoisotopic (exact) mass is 275 g/mol. The fourth-order valence-electron chi connectivity index (χ4n) is 3.35. The van der Waals surface area contributed by atoms with E-state index in [-0.39, 0.29) is 0 Å². The van der Waals surface area contributed by atoms with Gasteiger partial charge in [0.25, 0.3) is 0 Å². The van der Waals surface area contributed by atoms with E-state index >= 15 is 0 Å². The van der Waals surface area contributed by atoms with Crippen molar-refractivity contribution in [3.05, 3.63) is 23.9 Å². The Morgan fingerprint density at radius 3 is 2.75 bits per heavy atom. The minimum atomic E-state index is 0.563. The lowest BCUT2D eigenvalue weighted by Gasteiger charge is -2.37. The van der Waals surface area contributed by atoms with Gasteiger partial charge in [-0.15, -0.1) is 0 Å². The molecule has 20 heavy (non-hydrogen) atoms. The average Bonchev–Trinajstić information content (AvgIpc) is 2.50. The Morgan fingerprint density at radius 2 is 2.05 bits per heavy atom. The van der Waals surface area contributed by atoms with Crippen LogP contribution in [0.2, 0.25) is 0 Å². The topological polar surface area (TPSA) is 19.4 Å². The second-order valence-electron chi connectivity index (χ2n) is 5.64. The number of rotatable bonds is 6. The van der Waals surface area contributed by atoms with Crippen LogP contribution in [0.3, 0.4) is 0 Å². The number of likely N-dealkylation sites (tertiary alicyclic amines) is 1. The number of pyridine rings is 1. The Kier molecular flexibility index (Phi) is 5.84. The van der Waals surface area contributed by atoms with Gasteiger partial charge >= 0.3 is 0 Å². The van der Waals surface area contributed by atoms with Crippen molar-refractivity contribution in [3.8, 4) is 0 Å². The first-order valence-electron chi connectivity index (χ1n) is 8.25. The molecule has 0 N–H and O–H groups in total. The maximum Gasteiger partial charge on any atom is 0.133 e. The highest BCUT2D eigenvalue weighted by atomic mass is 15.2. The molecule has 0 aromatic carbocycles. The van der Waals surface area contributed by atoms with Crippen LogP contribution in [-0.4, -0.2) is 36.1 Å². The molecule has 1 aliphatic rings. The fraction of sp³-hybridized carbons (Fsp3) is 0.706. The van der Waals surface area contributed by atoms with E-state index < -0.39 is 0 Å². The zero-order valence-electron chi connectivity index (χ0n) is 13.3. The molecule has 112 valence electrons. The number of aromatic nitrogens is 1. The predicted octanol–water partition coefficient (Wildman–Crippen LogP) is 3.86. The molecule has 0 unspecified atom stereocenters. The van der Waals surface area contributed by atoms with Crippen LogP contribution < -0.4 is 4.90 Å². The third kappa shape index (κ3) is 3.32. The molecule has 0 saturated carbocycles. The summed E-state index contributed by atoms with van der Waals surface area (Å²) in [5, 5.41) is 0. The van der Waals surface area contributed by atoms with Crippen LogP contribution in [0, 0.1) is 0 Å². The standard InChI is InChI=1S/C17H29N3/c1-4-13-20-14-8-7-11-16(20)15-10-9-12-18-17(15)19(5-2)6-3/h9-10,12,16H,4-8,11,13-14H2,1-3H3/t16-/m0/s1. The molecule has 0 bridgehead atoms. The molecule has 3 nitrogen and oxygen atoms in total. The first-order valence-corrected chi connectivity index (χ1v) is 8.25. The van der Waals surface area contributed by atoms with E-state index in [1.54, 1.807) is 0 Å². The third-order valence-electron chi connectivity index (χ3n) is 4.36. The Morgan fingerprint density at radius 1 is 1.25 bits per heavy atom. The van der Waals surface area contributed by atoms with Gasteiger partial charge < -0.3 is 4.90 Å². The molecule has 1 aliphatic heterocycles. The van der Waals surface area contributed by atoms with Crippen LogP contribution in [0.25, 0.3) is 0 Å². The summed E-state index contributed by atoms with van der Waals surface area (Å²) >= 11 is 0. The molecule has 0 radical (unpaired) electrons. The van der Waals surface area contributed by atoms with Gasteiger partial charge in [-0.3, -0.25) is 4.90 Å². The van der Waals surface area contributed by atoms with Gasteiger partial charge in [0.05, 0.1) is 0 Å². The molecular weight excluding hydrogens is 246 g/mol. The Balaban J connectivity index is 2.29. The van der Waals surface area contributed by atoms with Crippen LogP contribution in [-0.2, 0) is 0 Å². The Hall–Kier alpha value is -1.09. The molecule has 1 fully saturated rings. The summed E-state index contributed by atoms with van der Waals surface area (Å²) in [6, 6.07) is 4.95. The zero-order valence-corrected chi connectivity index (χ0v) is 13.3. The van der Waals surface area contributed by atoms with Gasteiger partial charge in [0.15, 0.2) is 0 Å². The summed E-state index contributed by atoms with van der Waals surface area (Å²) in [5.74, 6) is 1.20. The Bertz CT molecular complexity index is 399. The molecule has 3 heteroatoms. The SMILES string of the molecule is CCCN1CCCC[C@H]1c1cccnc1N(CC)CC. The fourth-order valence-corrected chi connectivity index (χ4v) is 3.35. The lowest BCUT2D eigenvalue weighted by atomic mass is 9.95. The Labute approximate surface area is 124 Å². The summed E-state index contributed by atoms with van der Waals surface area (Å²) in [6.45, 7) is 11.2. The van der Waals surface area contributed by atoms with Gasteiger partial charge in [0.2, 0.25) is 0 Å². The van der Waals surface area contributed by atoms with Crippen LogP contribution in [0.15, 0.2) is 18.3 Å². The number of hydrogen-bond acceptors (Lipinski definition) is 3. The van der Waals surface area contributed by atoms with Crippen molar-refractivity contribution in [1.29, 1.82) is 0 Å². The van der Waals surface area contributed by atoms with Gasteiger partial charge in [0, 0.05) is 30.9 Å². The first kappa shape index (κ1) is 15.3. The van der Waals surface area contributed by atoms with E-state index in [2.05, 4.69) is 47.7 Å². The molecule has 2 rings (SSSR count). The highest BCUT2D eigenvalue weighted by Gasteiger charge is 2.26. The molecule has 0 spiro atoms. The lowest BCUT2D eigenvalue weighted by Crippen LogP contribution is -2.35. The number of nitrogens with zero attached hydrogens (tertiary/aromatic N) is 3. The summed E-state index contributed by atoms with van der Waals surface area (Å²) < 4.78 is 0. The van der Waals surface area contributed by atoms with E-state index in [4.69, 9.17) is 0 Å². The highest BCUT2D eigenvalue weighted by Crippen LogP contribution is 2.35. The quantitative estimate of drug-likeness (QED) is 0.786. The van der Waals surface area contributed by atoms with Gasteiger partial charge in [-0.2, -0.15) is 0 Å². The van der Waals surface area contributed by atoms with Crippen molar-refractivity contribution in [1.82, 2.24) is 9.88 Å². The first-order chi connectivity index (χ1) is 9.81. The molecule has 1 aromatic rings. The summed E-state index contributed by atoms with van der Waals surface area (Å²) in [6.07, 6.45) is 7.14. The molecule has 1 atom stereocenters. The van der Waals surface area contributed by atoms with E-state index in [0.717, 1.165) is 13.1 Å². The largest absolute Gasteiger partial charge is 0.357 e. The lowest BCUT2D eigenvalue weighted by molar-refractivity contribution is 0.149. The van der Waals surface area contributed by atoms with Crippen LogP contribution >= 0.6 is 0 Å². The zero-order chi connectivity index (χ0) is 14.4. The molecule has 0 aliphatic carbocycles. The highest BCUT2D eigenvalue weighted by molar-refractivity contribution is 5.48. The molecule has 1 aromatic heterocycles. The maximum absolute atomic E-state index is 4.69. The normalized spacial score (nSPS) is 20.1. The van der Waals surface area contributed by atoms with E-state index in [1.807, 2.05) is 6.20 Å². The molecule has 2 heterocycles. The van der Waals surface area contributed by atoms with E-state index in [1.165, 1.54) is 50.2 Å². The van der Waals surface area contributed by atoms with Crippen LogP contribution in [0.4, 0.5) is 5.82 Å². The van der Waals surface area contributed by atoms with Crippen molar-refractivity contribution >= 4 is 5.82 Å². The summed E-state index contributed by atoms with van der Waals surface area (Å²) in [7, 11) is 0. The third-order valence-corrected chi connectivity index (χ3v) is 4.36. The molecule has 0 amide bonds. The van der Waals surface area contributed by atoms with Gasteiger partial charge in [-0.1, -0.05) is 19.4 Å². The van der Waals surface area contributed by atoms with Crippen molar-refractivity contribution in [2.45, 2.75) is 52.5 Å². The predicted molar refractivity (Wildman–Crippen MR) is 86.3 cm³/mol. The minimum Gasteiger partial charge on any atom is -0.357 e. The van der Waals surface area contributed by atoms with Gasteiger partial charge in [-0.25, -0.2) is 4.98 Å². The van der Waals surface area contributed by atoms with Gasteiger partial charge in [-0.05, 0) is 52.3 Å². The van der Waals surface area contributed by atoms with Crippen molar-refractivity contribution in [3.63, 3.8) is 0 Å². The maximum atomic E-state index is 4.69. The average molecular weight is 275 g/mol. The van der Waals surface area contributed by atoms with E-state index in [0.29, 0.717) is 6.04 Å². The van der Waals surface area contributed by atoms with Gasteiger partial charge in [0.1, 0.15) is 5.82 Å². The number of hydrogen-bond donors (Lipinski definition) is 0. The van der Waals surface area contributed by atoms with Crippen molar-refractivity contribution in [2.24, 2.45) is 0 Å².